The van der Waals surface area contributed by atoms with E-state index in [0.29, 0.717) is 5.69 Å². The first-order valence-corrected chi connectivity index (χ1v) is 34.8. The number of benzene rings is 1. The van der Waals surface area contributed by atoms with Gasteiger partial charge in [-0.25, -0.2) is 14.7 Å². The lowest BCUT2D eigenvalue weighted by molar-refractivity contribution is -0.141. The van der Waals surface area contributed by atoms with E-state index in [1.54, 1.807) is 56.4 Å². The van der Waals surface area contributed by atoms with Gasteiger partial charge in [0.2, 0.25) is 5.91 Å². The zero-order chi connectivity index (χ0) is 53.5. The summed E-state index contributed by atoms with van der Waals surface area (Å²) in [5.41, 5.74) is 1.77. The van der Waals surface area contributed by atoms with Crippen LogP contribution in [0.2, 0.25) is 54.4 Å². The Morgan fingerprint density at radius 1 is 0.754 bits per heavy atom. The quantitative estimate of drug-likeness (QED) is 0.0900. The normalized spacial score (nSPS) is 16.5. The van der Waals surface area contributed by atoms with Crippen LogP contribution in [0.1, 0.15) is 155 Å². The number of hydrogen-bond acceptors (Lipinski definition) is 9. The van der Waals surface area contributed by atoms with Crippen molar-refractivity contribution in [3.8, 4) is 0 Å². The lowest BCUT2D eigenvalue weighted by Gasteiger charge is -2.46. The van der Waals surface area contributed by atoms with E-state index in [1.807, 2.05) is 33.8 Å². The maximum absolute atomic E-state index is 15.4. The van der Waals surface area contributed by atoms with Crippen molar-refractivity contribution >= 4 is 65.8 Å². The zero-order valence-electron chi connectivity index (χ0n) is 47.9. The molecule has 13 heteroatoms. The Morgan fingerprint density at radius 2 is 1.26 bits per heavy atom. The monoisotopic (exact) mass is 1020 g/mol. The fourth-order valence-corrected chi connectivity index (χ4v) is 12.0. The van der Waals surface area contributed by atoms with Crippen LogP contribution in [-0.2, 0) is 27.6 Å². The number of allylic oxidation sites excluding steroid dienone is 2. The predicted octanol–water partition coefficient (Wildman–Crippen LogP) is 16.5. The summed E-state index contributed by atoms with van der Waals surface area (Å²) in [5.74, 6) is -1.23. The number of ether oxygens (including phenoxy) is 1. The minimum Gasteiger partial charge on any atom is -0.443 e. The molecule has 1 aromatic carbocycles. The molecule has 0 saturated carbocycles. The zero-order valence-corrected chi connectivity index (χ0v) is 51.8. The van der Waals surface area contributed by atoms with Gasteiger partial charge in [-0.05, 0) is 138 Å². The van der Waals surface area contributed by atoms with Gasteiger partial charge in [-0.15, -0.1) is 11.3 Å². The number of hydrogen-bond donors (Lipinski definition) is 0. The average molecular weight is 1030 g/mol. The van der Waals surface area contributed by atoms with Crippen LogP contribution in [0, 0.1) is 24.2 Å². The number of nitrogens with zero attached hydrogens (tertiary/aromatic N) is 2. The first-order chi connectivity index (χ1) is 31.0. The molecule has 5 atom stereocenters. The number of carbonyl (C=O) groups excluding carboxylic acids is 3. The second-order valence-electron chi connectivity index (χ2n) is 25.7. The van der Waals surface area contributed by atoms with Gasteiger partial charge in [0.1, 0.15) is 11.4 Å². The molecule has 0 N–H and O–H groups in total. The maximum Gasteiger partial charge on any atom is 0.421 e. The third-order valence-corrected chi connectivity index (χ3v) is 29.1. The molecule has 0 spiro atoms. The molecule has 9 nitrogen and oxygen atoms in total. The Balaban J connectivity index is 2.60. The lowest BCUT2D eigenvalue weighted by atomic mass is 9.73. The standard InChI is InChI=1S/C56H96N2O7SSi3/c1-39(34-35-46(63-67(20,21)53(9,10)11)41(3)36-44-38-66-43(5)57-44)30-29-31-40(2)49(65-69(24,25)55(15,16)17)42(4)50(60)56(18,19)47(64-68(22,23)54(12,13)14)37-48(59)58(45-32-27-26-28-33-45)51(61)62-52(6,7)8/h26-29,31-34,36,38,40,42,46-47,49H,30,35,37H2,1-25H3/b31-29-,39-34-,41-36+/t40-,42+,46-,47-,49-/m0/s1. The number of amides is 2. The molecule has 390 valence electrons. The Bertz CT molecular complexity index is 2110. The highest BCUT2D eigenvalue weighted by atomic mass is 32.1. The van der Waals surface area contributed by atoms with Gasteiger partial charge in [0.05, 0.1) is 41.1 Å². The van der Waals surface area contributed by atoms with Gasteiger partial charge in [0, 0.05) is 16.7 Å². The number of ketones is 1. The van der Waals surface area contributed by atoms with Crippen molar-refractivity contribution in [2.45, 2.75) is 229 Å². The Hall–Kier alpha value is -2.79. The summed E-state index contributed by atoms with van der Waals surface area (Å²) < 4.78 is 27.3. The topological polar surface area (TPSA) is 104 Å². The molecule has 0 aliphatic carbocycles. The molecule has 0 radical (unpaired) electrons. The van der Waals surface area contributed by atoms with Crippen molar-refractivity contribution in [2.75, 3.05) is 4.90 Å². The fourth-order valence-electron chi connectivity index (χ4n) is 7.14. The summed E-state index contributed by atoms with van der Waals surface area (Å²) in [4.78, 5) is 49.7. The van der Waals surface area contributed by atoms with E-state index in [1.165, 1.54) is 11.1 Å². The van der Waals surface area contributed by atoms with Gasteiger partial charge in [-0.2, -0.15) is 0 Å². The van der Waals surface area contributed by atoms with E-state index in [9.17, 15) is 9.59 Å². The molecular formula is C56H96N2O7SSi3. The molecule has 1 aromatic heterocycles. The molecule has 0 unspecified atom stereocenters. The molecule has 69 heavy (non-hydrogen) atoms. The van der Waals surface area contributed by atoms with Crippen LogP contribution in [0.5, 0.6) is 0 Å². The van der Waals surface area contributed by atoms with Crippen LogP contribution in [-0.4, -0.2) is 71.6 Å². The van der Waals surface area contributed by atoms with Gasteiger partial charge < -0.3 is 18.0 Å². The van der Waals surface area contributed by atoms with E-state index < -0.39 is 66.1 Å². The van der Waals surface area contributed by atoms with Crippen molar-refractivity contribution < 1.29 is 32.4 Å². The van der Waals surface area contributed by atoms with Crippen molar-refractivity contribution in [1.29, 1.82) is 0 Å². The van der Waals surface area contributed by atoms with E-state index in [0.717, 1.165) is 28.4 Å². The fraction of sp³-hybridized carbons (Fsp3) is 0.679. The lowest BCUT2D eigenvalue weighted by Crippen LogP contribution is -2.55. The van der Waals surface area contributed by atoms with E-state index in [4.69, 9.17) is 23.0 Å². The van der Waals surface area contributed by atoms with Crippen LogP contribution in [0.25, 0.3) is 6.08 Å². The third kappa shape index (κ3) is 18.0. The molecule has 2 aromatic rings. The van der Waals surface area contributed by atoms with Gasteiger partial charge >= 0.3 is 6.09 Å². The molecular weight excluding hydrogens is 929 g/mol. The second-order valence-corrected chi connectivity index (χ2v) is 41.0. The predicted molar refractivity (Wildman–Crippen MR) is 301 cm³/mol. The average Bonchev–Trinajstić information content (AvgIpc) is 3.59. The van der Waals surface area contributed by atoms with Crippen LogP contribution in [0.3, 0.4) is 0 Å². The van der Waals surface area contributed by atoms with Crippen LogP contribution in [0.15, 0.2) is 65.1 Å². The molecule has 0 aliphatic rings. The number of carbonyl (C=O) groups is 3. The number of aryl methyl sites for hydroxylation is 1. The SMILES string of the molecule is C/C(=C/C[C@H](O[Si](C)(C)C(C)(C)C)/C(C)=C/c1csc(C)n1)C/C=C\[C@H](C)[C@H](O[Si](C)(C)C(C)(C)C)[C@@H](C)C(=O)C(C)(C)[C@H](CC(=O)N(C(=O)OC(C)(C)C)c1ccccc1)O[Si](C)(C)C(C)(C)C. The first kappa shape index (κ1) is 62.3. The highest BCUT2D eigenvalue weighted by Gasteiger charge is 2.50. The number of Topliss-reactive ketones (excluding diaryl/α,β-unsaturated/α-hetero) is 1. The number of thiazole rings is 1. The Morgan fingerprint density at radius 3 is 1.74 bits per heavy atom. The summed E-state index contributed by atoms with van der Waals surface area (Å²) in [6.45, 7) is 52.9. The number of aromatic nitrogens is 1. The number of anilines is 1. The van der Waals surface area contributed by atoms with Gasteiger partial charge in [-0.3, -0.25) is 9.59 Å². The van der Waals surface area contributed by atoms with Gasteiger partial charge in [-0.1, -0.05) is 132 Å². The number of para-hydroxylation sites is 1. The van der Waals surface area contributed by atoms with E-state index in [2.05, 4.69) is 152 Å². The Labute approximate surface area is 428 Å². The highest BCUT2D eigenvalue weighted by Crippen LogP contribution is 2.45. The van der Waals surface area contributed by atoms with Crippen molar-refractivity contribution in [2.24, 2.45) is 17.3 Å². The van der Waals surface area contributed by atoms with Gasteiger partial charge in [0.25, 0.3) is 0 Å². The minimum atomic E-state index is -2.59. The summed E-state index contributed by atoms with van der Waals surface area (Å²) in [7, 11) is -7.09. The Kier molecular flexibility index (Phi) is 21.5. The van der Waals surface area contributed by atoms with Crippen LogP contribution < -0.4 is 4.90 Å². The van der Waals surface area contributed by atoms with E-state index >= 15 is 4.79 Å². The summed E-state index contributed by atoms with van der Waals surface area (Å²) in [6, 6.07) is 8.82. The molecule has 2 amide bonds. The summed E-state index contributed by atoms with van der Waals surface area (Å²) in [6.07, 6.45) is 8.04. The maximum atomic E-state index is 15.4. The van der Waals surface area contributed by atoms with Crippen LogP contribution >= 0.6 is 11.3 Å². The largest absolute Gasteiger partial charge is 0.443 e. The first-order valence-electron chi connectivity index (χ1n) is 25.2. The minimum absolute atomic E-state index is 0.0495. The van der Waals surface area contributed by atoms with E-state index in [-0.39, 0.29) is 39.3 Å². The molecule has 0 aliphatic heterocycles. The smallest absolute Gasteiger partial charge is 0.421 e. The van der Waals surface area contributed by atoms with Crippen LogP contribution in [0.4, 0.5) is 10.5 Å². The van der Waals surface area contributed by atoms with Gasteiger partial charge in [0.15, 0.2) is 25.0 Å². The second kappa shape index (κ2) is 23.8. The highest BCUT2D eigenvalue weighted by molar-refractivity contribution is 7.09. The molecule has 2 rings (SSSR count). The third-order valence-electron chi connectivity index (χ3n) is 14.9. The number of imide groups is 1. The van der Waals surface area contributed by atoms with Crippen molar-refractivity contribution in [1.82, 2.24) is 4.98 Å². The van der Waals surface area contributed by atoms with Crippen molar-refractivity contribution in [3.05, 3.63) is 75.8 Å². The molecule has 0 fully saturated rings. The molecule has 0 saturated heterocycles. The molecule has 1 heterocycles. The molecule has 0 bridgehead atoms. The van der Waals surface area contributed by atoms with Crippen molar-refractivity contribution in [3.63, 3.8) is 0 Å². The summed E-state index contributed by atoms with van der Waals surface area (Å²) in [5, 5.41) is 2.88. The summed E-state index contributed by atoms with van der Waals surface area (Å²) >= 11 is 1.66. The number of rotatable bonds is 21.